The molecule has 0 aliphatic carbocycles. The van der Waals surface area contributed by atoms with Crippen molar-refractivity contribution in [2.75, 3.05) is 26.2 Å². The van der Waals surface area contributed by atoms with Crippen LogP contribution in [0.25, 0.3) is 0 Å². The second-order valence-corrected chi connectivity index (χ2v) is 7.10. The lowest BCUT2D eigenvalue weighted by molar-refractivity contribution is -0.385. The minimum atomic E-state index is -0.453. The first-order chi connectivity index (χ1) is 13.4. The maximum absolute atomic E-state index is 12.5. The van der Waals surface area contributed by atoms with Gasteiger partial charge in [0.05, 0.1) is 17.2 Å². The van der Waals surface area contributed by atoms with Crippen LogP contribution in [0, 0.1) is 24.0 Å². The zero-order valence-electron chi connectivity index (χ0n) is 16.7. The second kappa shape index (κ2) is 8.51. The molecule has 10 heteroatoms. The fourth-order valence-electron chi connectivity index (χ4n) is 3.47. The molecule has 0 N–H and O–H groups in total. The normalized spacial score (nSPS) is 15.2. The molecule has 1 fully saturated rings. The number of hydrogen-bond donors (Lipinski definition) is 0. The van der Waals surface area contributed by atoms with E-state index in [1.165, 1.54) is 16.4 Å². The third kappa shape index (κ3) is 4.38. The van der Waals surface area contributed by atoms with Gasteiger partial charge in [-0.15, -0.1) is 0 Å². The average molecular weight is 389 g/mol. The number of nitro groups is 1. The molecule has 1 aliphatic heterocycles. The van der Waals surface area contributed by atoms with Crippen molar-refractivity contribution >= 4 is 11.6 Å². The Hall–Kier alpha value is -2.75. The van der Waals surface area contributed by atoms with E-state index in [1.54, 1.807) is 6.92 Å². The van der Waals surface area contributed by atoms with E-state index in [1.807, 2.05) is 16.5 Å². The number of carbonyl (C=O) groups excluding carboxylic acids is 1. The summed E-state index contributed by atoms with van der Waals surface area (Å²) in [6, 6.07) is 0. The Labute approximate surface area is 163 Å². The largest absolute Gasteiger partial charge is 0.340 e. The fourth-order valence-corrected chi connectivity index (χ4v) is 3.47. The molecule has 28 heavy (non-hydrogen) atoms. The summed E-state index contributed by atoms with van der Waals surface area (Å²) in [5.74, 6) is 0.0622. The number of amides is 1. The molecule has 2 aromatic rings. The van der Waals surface area contributed by atoms with Gasteiger partial charge in [0.15, 0.2) is 0 Å². The summed E-state index contributed by atoms with van der Waals surface area (Å²) in [5.41, 5.74) is 2.76. The van der Waals surface area contributed by atoms with Crippen LogP contribution in [0.4, 0.5) is 5.69 Å². The summed E-state index contributed by atoms with van der Waals surface area (Å²) in [6.45, 7) is 10.9. The quantitative estimate of drug-likeness (QED) is 0.523. The van der Waals surface area contributed by atoms with Crippen molar-refractivity contribution < 1.29 is 9.72 Å². The molecule has 2 aromatic heterocycles. The topological polar surface area (TPSA) is 102 Å². The van der Waals surface area contributed by atoms with E-state index in [0.29, 0.717) is 31.7 Å². The van der Waals surface area contributed by atoms with E-state index in [2.05, 4.69) is 28.2 Å². The van der Waals surface area contributed by atoms with Crippen LogP contribution in [0.1, 0.15) is 30.3 Å². The maximum Gasteiger partial charge on any atom is 0.309 e. The van der Waals surface area contributed by atoms with Crippen molar-refractivity contribution in [2.45, 2.75) is 46.8 Å². The molecule has 0 atom stereocenters. The number of carbonyl (C=O) groups is 1. The number of aryl methyl sites for hydroxylation is 3. The summed E-state index contributed by atoms with van der Waals surface area (Å²) >= 11 is 0. The van der Waals surface area contributed by atoms with Crippen molar-refractivity contribution in [2.24, 2.45) is 0 Å². The van der Waals surface area contributed by atoms with E-state index in [4.69, 9.17) is 0 Å². The molecule has 0 aromatic carbocycles. The molecule has 0 unspecified atom stereocenters. The molecule has 0 spiro atoms. The van der Waals surface area contributed by atoms with Crippen molar-refractivity contribution in [3.05, 3.63) is 39.5 Å². The Morgan fingerprint density at radius 3 is 2.54 bits per heavy atom. The van der Waals surface area contributed by atoms with Gasteiger partial charge in [-0.25, -0.2) is 0 Å². The average Bonchev–Trinajstić information content (AvgIpc) is 3.22. The molecule has 0 radical (unpaired) electrons. The Morgan fingerprint density at radius 2 is 1.96 bits per heavy atom. The zero-order chi connectivity index (χ0) is 20.3. The van der Waals surface area contributed by atoms with Gasteiger partial charge in [0.25, 0.3) is 0 Å². The highest BCUT2D eigenvalue weighted by Gasteiger charge is 2.23. The van der Waals surface area contributed by atoms with E-state index in [9.17, 15) is 14.9 Å². The molecular formula is C18H27N7O3. The summed E-state index contributed by atoms with van der Waals surface area (Å²) in [6.07, 6.45) is 3.63. The summed E-state index contributed by atoms with van der Waals surface area (Å²) in [5, 5.41) is 19.4. The van der Waals surface area contributed by atoms with Crippen LogP contribution in [0.5, 0.6) is 0 Å². The van der Waals surface area contributed by atoms with E-state index in [0.717, 1.165) is 31.9 Å². The van der Waals surface area contributed by atoms with Gasteiger partial charge < -0.3 is 4.90 Å². The molecule has 152 valence electrons. The molecule has 1 aliphatic rings. The SMILES string of the molecule is CCn1cc(CN2CCN(C(=O)CCn3ncc([N+](=O)[O-])c3C)CC2)c(C)n1. The van der Waals surface area contributed by atoms with Gasteiger partial charge in [-0.05, 0) is 20.8 Å². The third-order valence-corrected chi connectivity index (χ3v) is 5.30. The Kier molecular flexibility index (Phi) is 6.08. The molecular weight excluding hydrogens is 362 g/mol. The van der Waals surface area contributed by atoms with Crippen LogP contribution in [0.15, 0.2) is 12.4 Å². The molecule has 0 saturated carbocycles. The number of hydrogen-bond acceptors (Lipinski definition) is 6. The van der Waals surface area contributed by atoms with Gasteiger partial charge in [-0.2, -0.15) is 10.2 Å². The van der Waals surface area contributed by atoms with Crippen LogP contribution in [-0.2, 0) is 24.4 Å². The van der Waals surface area contributed by atoms with Gasteiger partial charge in [0, 0.05) is 57.4 Å². The zero-order valence-corrected chi connectivity index (χ0v) is 16.7. The Balaban J connectivity index is 1.47. The number of rotatable bonds is 7. The van der Waals surface area contributed by atoms with E-state index in [-0.39, 0.29) is 11.6 Å². The molecule has 0 bridgehead atoms. The first-order valence-corrected chi connectivity index (χ1v) is 9.59. The number of aromatic nitrogens is 4. The molecule has 1 saturated heterocycles. The standard InChI is InChI=1S/C18H27N7O3/c1-4-23-13-16(14(2)20-23)12-21-7-9-22(10-8-21)18(26)5-6-24-15(3)17(11-19-24)25(27)28/h11,13H,4-10,12H2,1-3H3. The van der Waals surface area contributed by atoms with Crippen LogP contribution in [0.3, 0.4) is 0 Å². The number of nitrogens with zero attached hydrogens (tertiary/aromatic N) is 7. The second-order valence-electron chi connectivity index (χ2n) is 7.10. The van der Waals surface area contributed by atoms with Crippen LogP contribution >= 0.6 is 0 Å². The van der Waals surface area contributed by atoms with Crippen molar-refractivity contribution in [1.82, 2.24) is 29.4 Å². The number of piperazine rings is 1. The fraction of sp³-hybridized carbons (Fsp3) is 0.611. The minimum absolute atomic E-state index is 0.0113. The third-order valence-electron chi connectivity index (χ3n) is 5.30. The highest BCUT2D eigenvalue weighted by molar-refractivity contribution is 5.76. The Morgan fingerprint density at radius 1 is 1.25 bits per heavy atom. The van der Waals surface area contributed by atoms with Crippen molar-refractivity contribution in [1.29, 1.82) is 0 Å². The molecule has 3 heterocycles. The van der Waals surface area contributed by atoms with Gasteiger partial charge in [-0.1, -0.05) is 0 Å². The van der Waals surface area contributed by atoms with Crippen LogP contribution < -0.4 is 0 Å². The van der Waals surface area contributed by atoms with Gasteiger partial charge >= 0.3 is 5.69 Å². The van der Waals surface area contributed by atoms with Crippen LogP contribution in [-0.4, -0.2) is 66.4 Å². The van der Waals surface area contributed by atoms with Crippen molar-refractivity contribution in [3.63, 3.8) is 0 Å². The van der Waals surface area contributed by atoms with Gasteiger partial charge in [0.1, 0.15) is 11.9 Å². The lowest BCUT2D eigenvalue weighted by Gasteiger charge is -2.34. The summed E-state index contributed by atoms with van der Waals surface area (Å²) < 4.78 is 3.48. The molecule has 3 rings (SSSR count). The highest BCUT2D eigenvalue weighted by atomic mass is 16.6. The highest BCUT2D eigenvalue weighted by Crippen LogP contribution is 2.17. The molecule has 1 amide bonds. The summed E-state index contributed by atoms with van der Waals surface area (Å²) in [7, 11) is 0. The lowest BCUT2D eigenvalue weighted by Crippen LogP contribution is -2.48. The van der Waals surface area contributed by atoms with Crippen LogP contribution in [0.2, 0.25) is 0 Å². The van der Waals surface area contributed by atoms with E-state index < -0.39 is 4.92 Å². The maximum atomic E-state index is 12.5. The smallest absolute Gasteiger partial charge is 0.309 e. The minimum Gasteiger partial charge on any atom is -0.340 e. The predicted molar refractivity (Wildman–Crippen MR) is 103 cm³/mol. The summed E-state index contributed by atoms with van der Waals surface area (Å²) in [4.78, 5) is 27.1. The van der Waals surface area contributed by atoms with Gasteiger partial charge in [-0.3, -0.25) is 29.2 Å². The van der Waals surface area contributed by atoms with Crippen molar-refractivity contribution in [3.8, 4) is 0 Å². The first kappa shape index (κ1) is 20.0. The molecule has 10 nitrogen and oxygen atoms in total. The predicted octanol–water partition coefficient (Wildman–Crippen LogP) is 1.36. The first-order valence-electron chi connectivity index (χ1n) is 9.59. The Bertz CT molecular complexity index is 849. The van der Waals surface area contributed by atoms with E-state index >= 15 is 0 Å². The monoisotopic (exact) mass is 389 g/mol. The lowest BCUT2D eigenvalue weighted by atomic mass is 10.2. The van der Waals surface area contributed by atoms with Gasteiger partial charge in [0.2, 0.25) is 5.91 Å².